The number of amides is 1. The number of hydrogen-bond acceptors (Lipinski definition) is 6. The van der Waals surface area contributed by atoms with E-state index in [1.807, 2.05) is 0 Å². The van der Waals surface area contributed by atoms with E-state index in [1.54, 1.807) is 0 Å². The van der Waals surface area contributed by atoms with Crippen LogP contribution in [-0.2, 0) is 9.53 Å². The van der Waals surface area contributed by atoms with Crippen LogP contribution in [0.25, 0.3) is 0 Å². The first-order chi connectivity index (χ1) is 9.11. The summed E-state index contributed by atoms with van der Waals surface area (Å²) >= 11 is 0. The van der Waals surface area contributed by atoms with Crippen LogP contribution in [0.2, 0.25) is 0 Å². The second-order valence-corrected chi connectivity index (χ2v) is 3.75. The van der Waals surface area contributed by atoms with Crippen LogP contribution < -0.4 is 19.9 Å². The van der Waals surface area contributed by atoms with Gasteiger partial charge in [-0.15, -0.1) is 0 Å². The highest BCUT2D eigenvalue weighted by molar-refractivity contribution is 5.92. The molecule has 0 radical (unpaired) electrons. The van der Waals surface area contributed by atoms with E-state index >= 15 is 0 Å². The number of carbonyl (C=O) groups is 2. The number of methoxy groups -OCH3 is 1. The number of hydrogen-bond donors (Lipinski definition) is 1. The van der Waals surface area contributed by atoms with Crippen molar-refractivity contribution in [2.24, 2.45) is 5.73 Å². The first kappa shape index (κ1) is 13.0. The Morgan fingerprint density at radius 1 is 1.32 bits per heavy atom. The van der Waals surface area contributed by atoms with Gasteiger partial charge in [-0.25, -0.2) is 4.79 Å². The van der Waals surface area contributed by atoms with Crippen molar-refractivity contribution >= 4 is 11.9 Å². The molecule has 0 saturated heterocycles. The standard InChI is InChI=1S/C12H13NO6/c1-16-8-4-7(12(15)19-6-10(13)14)5-9-11(8)18-3-2-17-9/h4-5H,2-3,6H2,1H3,(H2,13,14). The van der Waals surface area contributed by atoms with Gasteiger partial charge in [0.15, 0.2) is 18.1 Å². The predicted octanol–water partition coefficient (Wildman–Crippen LogP) is 0.108. The minimum Gasteiger partial charge on any atom is -0.493 e. The summed E-state index contributed by atoms with van der Waals surface area (Å²) in [5.74, 6) is -0.202. The summed E-state index contributed by atoms with van der Waals surface area (Å²) in [6, 6.07) is 2.93. The lowest BCUT2D eigenvalue weighted by molar-refractivity contribution is -0.121. The van der Waals surface area contributed by atoms with Crippen LogP contribution in [-0.4, -0.2) is 38.8 Å². The maximum Gasteiger partial charge on any atom is 0.338 e. The number of rotatable bonds is 4. The highest BCUT2D eigenvalue weighted by atomic mass is 16.6. The van der Waals surface area contributed by atoms with Gasteiger partial charge in [0.25, 0.3) is 5.91 Å². The predicted molar refractivity (Wildman–Crippen MR) is 63.5 cm³/mol. The minimum absolute atomic E-state index is 0.197. The molecule has 0 saturated carbocycles. The number of benzene rings is 1. The van der Waals surface area contributed by atoms with Crippen molar-refractivity contribution in [3.63, 3.8) is 0 Å². The lowest BCUT2D eigenvalue weighted by atomic mass is 10.1. The first-order valence-corrected chi connectivity index (χ1v) is 5.55. The fourth-order valence-corrected chi connectivity index (χ4v) is 1.61. The van der Waals surface area contributed by atoms with Crippen LogP contribution >= 0.6 is 0 Å². The SMILES string of the molecule is COc1cc(C(=O)OCC(N)=O)cc2c1OCCO2. The molecule has 1 heterocycles. The lowest BCUT2D eigenvalue weighted by Gasteiger charge is -2.21. The van der Waals surface area contributed by atoms with Crippen LogP contribution in [0.3, 0.4) is 0 Å². The topological polar surface area (TPSA) is 97.1 Å². The van der Waals surface area contributed by atoms with E-state index in [1.165, 1.54) is 19.2 Å². The average molecular weight is 267 g/mol. The van der Waals surface area contributed by atoms with Gasteiger partial charge in [-0.2, -0.15) is 0 Å². The largest absolute Gasteiger partial charge is 0.493 e. The fourth-order valence-electron chi connectivity index (χ4n) is 1.61. The highest BCUT2D eigenvalue weighted by Gasteiger charge is 2.21. The first-order valence-electron chi connectivity index (χ1n) is 5.55. The Morgan fingerprint density at radius 3 is 2.74 bits per heavy atom. The normalized spacial score (nSPS) is 12.7. The summed E-state index contributed by atoms with van der Waals surface area (Å²) in [7, 11) is 1.45. The molecule has 2 N–H and O–H groups in total. The van der Waals surface area contributed by atoms with Crippen molar-refractivity contribution in [3.8, 4) is 17.2 Å². The zero-order valence-corrected chi connectivity index (χ0v) is 10.3. The van der Waals surface area contributed by atoms with E-state index in [2.05, 4.69) is 0 Å². The summed E-state index contributed by atoms with van der Waals surface area (Å²) in [6.45, 7) is 0.320. The molecule has 1 amide bonds. The van der Waals surface area contributed by atoms with Gasteiger partial charge in [-0.05, 0) is 12.1 Å². The van der Waals surface area contributed by atoms with Gasteiger partial charge in [0.2, 0.25) is 5.75 Å². The molecular weight excluding hydrogens is 254 g/mol. The third kappa shape index (κ3) is 2.87. The number of ether oxygens (including phenoxy) is 4. The number of carbonyl (C=O) groups excluding carboxylic acids is 2. The van der Waals surface area contributed by atoms with Crippen LogP contribution in [0.4, 0.5) is 0 Å². The van der Waals surface area contributed by atoms with Crippen molar-refractivity contribution in [2.75, 3.05) is 26.9 Å². The van der Waals surface area contributed by atoms with Gasteiger partial charge in [-0.3, -0.25) is 4.79 Å². The average Bonchev–Trinajstić information content (AvgIpc) is 2.43. The zero-order valence-electron chi connectivity index (χ0n) is 10.3. The molecular formula is C12H13NO6. The van der Waals surface area contributed by atoms with Crippen LogP contribution in [0.15, 0.2) is 12.1 Å². The summed E-state index contributed by atoms with van der Waals surface area (Å²) in [5.41, 5.74) is 5.10. The van der Waals surface area contributed by atoms with Crippen LogP contribution in [0.1, 0.15) is 10.4 Å². The van der Waals surface area contributed by atoms with Crippen LogP contribution in [0, 0.1) is 0 Å². The molecule has 1 aromatic carbocycles. The summed E-state index contributed by atoms with van der Waals surface area (Å²) < 4.78 is 20.6. The molecule has 1 aliphatic rings. The molecule has 0 atom stereocenters. The summed E-state index contributed by atoms with van der Waals surface area (Å²) in [5, 5.41) is 0. The molecule has 0 spiro atoms. The van der Waals surface area contributed by atoms with Crippen molar-refractivity contribution in [1.82, 2.24) is 0 Å². The number of esters is 1. The van der Waals surface area contributed by atoms with Gasteiger partial charge in [0, 0.05) is 0 Å². The Bertz CT molecular complexity index is 496. The van der Waals surface area contributed by atoms with E-state index < -0.39 is 18.5 Å². The van der Waals surface area contributed by atoms with Crippen molar-refractivity contribution in [1.29, 1.82) is 0 Å². The third-order valence-electron chi connectivity index (χ3n) is 2.41. The highest BCUT2D eigenvalue weighted by Crippen LogP contribution is 2.40. The van der Waals surface area contributed by atoms with Crippen LogP contribution in [0.5, 0.6) is 17.2 Å². The summed E-state index contributed by atoms with van der Waals surface area (Å²) in [6.07, 6.45) is 0. The summed E-state index contributed by atoms with van der Waals surface area (Å²) in [4.78, 5) is 22.3. The Kier molecular flexibility index (Phi) is 3.74. The lowest BCUT2D eigenvalue weighted by Crippen LogP contribution is -2.21. The molecule has 0 fully saturated rings. The van der Waals surface area contributed by atoms with E-state index in [4.69, 9.17) is 24.7 Å². The van der Waals surface area contributed by atoms with E-state index in [0.717, 1.165) is 0 Å². The molecule has 2 rings (SSSR count). The Morgan fingerprint density at radius 2 is 2.05 bits per heavy atom. The van der Waals surface area contributed by atoms with Gasteiger partial charge in [0.05, 0.1) is 12.7 Å². The van der Waals surface area contributed by atoms with Crippen molar-refractivity contribution < 1.29 is 28.5 Å². The second kappa shape index (κ2) is 5.47. The zero-order chi connectivity index (χ0) is 13.8. The number of nitrogens with two attached hydrogens (primary N) is 1. The molecule has 0 aromatic heterocycles. The maximum atomic E-state index is 11.7. The smallest absolute Gasteiger partial charge is 0.338 e. The van der Waals surface area contributed by atoms with Crippen molar-refractivity contribution in [3.05, 3.63) is 17.7 Å². The van der Waals surface area contributed by atoms with E-state index in [-0.39, 0.29) is 5.56 Å². The minimum atomic E-state index is -0.724. The molecule has 1 aliphatic heterocycles. The Hall–Kier alpha value is -2.44. The molecule has 0 unspecified atom stereocenters. The maximum absolute atomic E-state index is 11.7. The Labute approximate surface area is 109 Å². The van der Waals surface area contributed by atoms with Crippen molar-refractivity contribution in [2.45, 2.75) is 0 Å². The van der Waals surface area contributed by atoms with Gasteiger partial charge >= 0.3 is 5.97 Å². The Balaban J connectivity index is 2.26. The van der Waals surface area contributed by atoms with Gasteiger partial charge in [0.1, 0.15) is 13.2 Å². The quantitative estimate of drug-likeness (QED) is 0.777. The van der Waals surface area contributed by atoms with E-state index in [0.29, 0.717) is 30.5 Å². The molecule has 7 heteroatoms. The third-order valence-corrected chi connectivity index (χ3v) is 2.41. The van der Waals surface area contributed by atoms with Gasteiger partial charge in [-0.1, -0.05) is 0 Å². The molecule has 0 aliphatic carbocycles. The van der Waals surface area contributed by atoms with Gasteiger partial charge < -0.3 is 24.7 Å². The number of fused-ring (bicyclic) bond motifs is 1. The molecule has 102 valence electrons. The molecule has 19 heavy (non-hydrogen) atoms. The number of primary amides is 1. The van der Waals surface area contributed by atoms with E-state index in [9.17, 15) is 9.59 Å². The molecule has 7 nitrogen and oxygen atoms in total. The molecule has 0 bridgehead atoms. The monoisotopic (exact) mass is 267 g/mol. The fraction of sp³-hybridized carbons (Fsp3) is 0.333. The second-order valence-electron chi connectivity index (χ2n) is 3.75. The molecule has 1 aromatic rings.